The second kappa shape index (κ2) is 12.4. The highest BCUT2D eigenvalue weighted by Gasteiger charge is 2.07. The summed E-state index contributed by atoms with van der Waals surface area (Å²) in [5.41, 5.74) is 2.07. The molecule has 0 saturated heterocycles. The summed E-state index contributed by atoms with van der Waals surface area (Å²) >= 11 is 5.91. The Hall–Kier alpha value is -2.33. The lowest BCUT2D eigenvalue weighted by molar-refractivity contribution is 0.224. The zero-order chi connectivity index (χ0) is 20.5. The highest BCUT2D eigenvalue weighted by atomic mass is 127. The maximum atomic E-state index is 5.91. The number of hydrogen-bond acceptors (Lipinski definition) is 4. The Bertz CT molecular complexity index is 918. The molecule has 30 heavy (non-hydrogen) atoms. The number of halogens is 2. The molecule has 0 aliphatic rings. The first kappa shape index (κ1) is 23.9. The molecule has 0 bridgehead atoms. The summed E-state index contributed by atoms with van der Waals surface area (Å²) in [5, 5.41) is 14.1. The molecule has 160 valence electrons. The molecule has 0 saturated carbocycles. The van der Waals surface area contributed by atoms with Crippen LogP contribution in [0.1, 0.15) is 19.4 Å². The van der Waals surface area contributed by atoms with Gasteiger partial charge in [-0.1, -0.05) is 29.8 Å². The first-order valence-electron chi connectivity index (χ1n) is 9.53. The molecule has 3 aromatic rings. The van der Waals surface area contributed by atoms with Gasteiger partial charge in [-0.05, 0) is 49.7 Å². The summed E-state index contributed by atoms with van der Waals surface area (Å²) in [5.74, 6) is 2.27. The number of rotatable bonds is 8. The first-order valence-corrected chi connectivity index (χ1v) is 9.91. The van der Waals surface area contributed by atoms with Crippen molar-refractivity contribution in [3.63, 3.8) is 0 Å². The van der Waals surface area contributed by atoms with E-state index >= 15 is 0 Å². The number of guanidine groups is 1. The molecule has 3 N–H and O–H groups in total. The molecule has 7 nitrogen and oxygen atoms in total. The summed E-state index contributed by atoms with van der Waals surface area (Å²) in [7, 11) is 0. The van der Waals surface area contributed by atoms with Crippen LogP contribution in [0.15, 0.2) is 59.9 Å². The average molecular weight is 541 g/mol. The maximum absolute atomic E-state index is 5.91. The van der Waals surface area contributed by atoms with Crippen LogP contribution in [0.25, 0.3) is 11.4 Å². The minimum Gasteiger partial charge on any atom is -0.489 e. The van der Waals surface area contributed by atoms with Gasteiger partial charge in [-0.15, -0.1) is 24.0 Å². The molecule has 0 aliphatic heterocycles. The van der Waals surface area contributed by atoms with Gasteiger partial charge in [-0.25, -0.2) is 9.98 Å². The second-order valence-corrected chi connectivity index (χ2v) is 6.93. The van der Waals surface area contributed by atoms with Crippen LogP contribution in [0.5, 0.6) is 5.75 Å². The monoisotopic (exact) mass is 540 g/mol. The summed E-state index contributed by atoms with van der Waals surface area (Å²) in [4.78, 5) is 8.86. The molecule has 0 spiro atoms. The van der Waals surface area contributed by atoms with Crippen LogP contribution in [-0.2, 0) is 6.54 Å². The fourth-order valence-electron chi connectivity index (χ4n) is 2.70. The number of benzene rings is 2. The molecule has 1 unspecified atom stereocenters. The van der Waals surface area contributed by atoms with Gasteiger partial charge in [-0.3, -0.25) is 5.10 Å². The van der Waals surface area contributed by atoms with Gasteiger partial charge in [0.15, 0.2) is 11.8 Å². The first-order chi connectivity index (χ1) is 14.1. The number of aromatic nitrogens is 3. The van der Waals surface area contributed by atoms with Crippen molar-refractivity contribution in [1.82, 2.24) is 25.8 Å². The minimum atomic E-state index is -0.0326. The van der Waals surface area contributed by atoms with E-state index < -0.39 is 0 Å². The van der Waals surface area contributed by atoms with Crippen molar-refractivity contribution in [2.75, 3.05) is 13.1 Å². The van der Waals surface area contributed by atoms with Gasteiger partial charge in [0.25, 0.3) is 0 Å². The van der Waals surface area contributed by atoms with Crippen LogP contribution in [0.4, 0.5) is 0 Å². The molecule has 0 aliphatic carbocycles. The Morgan fingerprint density at radius 3 is 2.70 bits per heavy atom. The molecule has 2 aromatic carbocycles. The Morgan fingerprint density at radius 1 is 1.20 bits per heavy atom. The van der Waals surface area contributed by atoms with Crippen molar-refractivity contribution in [1.29, 1.82) is 0 Å². The van der Waals surface area contributed by atoms with E-state index in [9.17, 15) is 0 Å². The van der Waals surface area contributed by atoms with Gasteiger partial charge >= 0.3 is 0 Å². The second-order valence-electron chi connectivity index (χ2n) is 6.49. The van der Waals surface area contributed by atoms with E-state index in [1.54, 1.807) is 0 Å². The highest BCUT2D eigenvalue weighted by molar-refractivity contribution is 14.0. The average Bonchev–Trinajstić information content (AvgIpc) is 3.27. The van der Waals surface area contributed by atoms with Crippen molar-refractivity contribution in [3.05, 3.63) is 65.4 Å². The zero-order valence-corrected chi connectivity index (χ0v) is 20.0. The van der Waals surface area contributed by atoms with Crippen LogP contribution in [0.2, 0.25) is 5.02 Å². The molecule has 0 fully saturated rings. The molecular weight excluding hydrogens is 515 g/mol. The molecule has 9 heteroatoms. The normalized spacial score (nSPS) is 12.0. The molecule has 3 rings (SSSR count). The van der Waals surface area contributed by atoms with Crippen molar-refractivity contribution in [2.24, 2.45) is 4.99 Å². The van der Waals surface area contributed by atoms with E-state index in [-0.39, 0.29) is 30.1 Å². The van der Waals surface area contributed by atoms with Gasteiger partial charge in [0, 0.05) is 17.1 Å². The number of aliphatic imine (C=N–C) groups is 1. The fraction of sp³-hybridized carbons (Fsp3) is 0.286. The largest absolute Gasteiger partial charge is 0.489 e. The van der Waals surface area contributed by atoms with Gasteiger partial charge in [0.05, 0.1) is 13.1 Å². The van der Waals surface area contributed by atoms with E-state index in [2.05, 4.69) is 36.9 Å². The van der Waals surface area contributed by atoms with Crippen molar-refractivity contribution >= 4 is 41.5 Å². The predicted molar refractivity (Wildman–Crippen MR) is 132 cm³/mol. The lowest BCUT2D eigenvalue weighted by Gasteiger charge is -2.17. The number of H-pyrrole nitrogens is 1. The van der Waals surface area contributed by atoms with E-state index in [0.29, 0.717) is 18.1 Å². The number of nitrogens with one attached hydrogen (secondary N) is 3. The zero-order valence-electron chi connectivity index (χ0n) is 16.9. The summed E-state index contributed by atoms with van der Waals surface area (Å²) in [6.07, 6.45) is 1.47. The van der Waals surface area contributed by atoms with Crippen molar-refractivity contribution in [3.8, 4) is 17.1 Å². The van der Waals surface area contributed by atoms with Crippen LogP contribution in [-0.4, -0.2) is 40.3 Å². The minimum absolute atomic E-state index is 0. The van der Waals surface area contributed by atoms with Gasteiger partial charge in [-0.2, -0.15) is 5.10 Å². The van der Waals surface area contributed by atoms with Crippen LogP contribution >= 0.6 is 35.6 Å². The van der Waals surface area contributed by atoms with Gasteiger partial charge < -0.3 is 15.4 Å². The Morgan fingerprint density at radius 2 is 2.00 bits per heavy atom. The third-order valence-corrected chi connectivity index (χ3v) is 4.34. The fourth-order valence-corrected chi connectivity index (χ4v) is 2.83. The Balaban J connectivity index is 0.00000320. The van der Waals surface area contributed by atoms with E-state index in [0.717, 1.165) is 35.2 Å². The van der Waals surface area contributed by atoms with Gasteiger partial charge in [0.2, 0.25) is 0 Å². The van der Waals surface area contributed by atoms with Crippen LogP contribution in [0, 0.1) is 0 Å². The maximum Gasteiger partial charge on any atom is 0.191 e. The topological polar surface area (TPSA) is 87.2 Å². The van der Waals surface area contributed by atoms with Crippen LogP contribution < -0.4 is 15.4 Å². The third-order valence-electron chi connectivity index (χ3n) is 4.09. The third kappa shape index (κ3) is 7.49. The lowest BCUT2D eigenvalue weighted by atomic mass is 10.1. The number of ether oxygens (including phenoxy) is 1. The van der Waals surface area contributed by atoms with Crippen molar-refractivity contribution in [2.45, 2.75) is 26.5 Å². The SMILES string of the molecule is CCNC(=NCc1cccc(-c2ncn[nH]2)c1)NCC(C)Oc1ccc(Cl)cc1.I. The molecule has 1 heterocycles. The summed E-state index contributed by atoms with van der Waals surface area (Å²) in [6, 6.07) is 15.4. The van der Waals surface area contributed by atoms with Gasteiger partial charge in [0.1, 0.15) is 18.2 Å². The molecule has 1 aromatic heterocycles. The molecule has 0 radical (unpaired) electrons. The highest BCUT2D eigenvalue weighted by Crippen LogP contribution is 2.17. The van der Waals surface area contributed by atoms with Crippen LogP contribution in [0.3, 0.4) is 0 Å². The standard InChI is InChI=1S/C21H25ClN6O.HI/c1-3-23-21(24-12-15(2)29-19-9-7-18(22)8-10-19)25-13-16-5-4-6-17(11-16)20-26-14-27-28-20;/h4-11,14-15H,3,12-13H2,1-2H3,(H2,23,24,25)(H,26,27,28);1H. The Kier molecular flexibility index (Phi) is 9.88. The molecule has 1 atom stereocenters. The van der Waals surface area contributed by atoms with E-state index in [1.165, 1.54) is 6.33 Å². The Labute approximate surface area is 198 Å². The number of nitrogens with zero attached hydrogens (tertiary/aromatic N) is 3. The molecular formula is C21H26ClIN6O. The van der Waals surface area contributed by atoms with E-state index in [1.807, 2.05) is 56.3 Å². The number of aromatic amines is 1. The smallest absolute Gasteiger partial charge is 0.191 e. The predicted octanol–water partition coefficient (Wildman–Crippen LogP) is 4.27. The summed E-state index contributed by atoms with van der Waals surface area (Å²) < 4.78 is 5.90. The quantitative estimate of drug-likeness (QED) is 0.226. The summed E-state index contributed by atoms with van der Waals surface area (Å²) in [6.45, 7) is 5.98. The number of hydrogen-bond donors (Lipinski definition) is 3. The van der Waals surface area contributed by atoms with E-state index in [4.69, 9.17) is 16.3 Å². The lowest BCUT2D eigenvalue weighted by Crippen LogP contribution is -2.41. The van der Waals surface area contributed by atoms with Crippen molar-refractivity contribution < 1.29 is 4.74 Å². The molecule has 0 amide bonds.